The topological polar surface area (TPSA) is 183 Å². The molecule has 0 spiro atoms. The van der Waals surface area contributed by atoms with Gasteiger partial charge in [-0.05, 0) is 0 Å². The van der Waals surface area contributed by atoms with Crippen molar-refractivity contribution < 1.29 is 25.2 Å². The summed E-state index contributed by atoms with van der Waals surface area (Å²) in [7, 11) is 0. The van der Waals surface area contributed by atoms with Crippen LogP contribution in [0.2, 0.25) is 0 Å². The zero-order chi connectivity index (χ0) is 15.4. The summed E-state index contributed by atoms with van der Waals surface area (Å²) in [6, 6.07) is 0. The molecule has 2 aromatic heterocycles. The summed E-state index contributed by atoms with van der Waals surface area (Å²) in [6.07, 6.45) is -3.80. The first-order chi connectivity index (χ1) is 9.88. The molecule has 0 aliphatic carbocycles. The van der Waals surface area contributed by atoms with E-state index in [9.17, 15) is 20.1 Å². The number of fused-ring (bicyclic) bond motifs is 1. The van der Waals surface area contributed by atoms with Gasteiger partial charge in [0.05, 0.1) is 12.9 Å². The molecule has 21 heavy (non-hydrogen) atoms. The van der Waals surface area contributed by atoms with Gasteiger partial charge in [0.2, 0.25) is 5.95 Å². The quantitative estimate of drug-likeness (QED) is 0.366. The van der Waals surface area contributed by atoms with Gasteiger partial charge in [0.1, 0.15) is 24.2 Å². The van der Waals surface area contributed by atoms with Gasteiger partial charge in [-0.3, -0.25) is 14.3 Å². The molecule has 3 unspecified atom stereocenters. The van der Waals surface area contributed by atoms with Gasteiger partial charge in [-0.1, -0.05) is 0 Å². The molecule has 11 heteroatoms. The Hall–Kier alpha value is -2.05. The van der Waals surface area contributed by atoms with E-state index in [1.807, 2.05) is 0 Å². The van der Waals surface area contributed by atoms with Crippen LogP contribution >= 0.6 is 0 Å². The molecular weight excluding hydrogens is 286 g/mol. The molecule has 6 N–H and O–H groups in total. The van der Waals surface area contributed by atoms with Crippen LogP contribution in [0, 0.1) is 0 Å². The number of nitrogens with zero attached hydrogens (tertiary/aromatic N) is 3. The van der Waals surface area contributed by atoms with E-state index in [0.717, 1.165) is 10.9 Å². The number of hydrogen-bond donors (Lipinski definition) is 5. The van der Waals surface area contributed by atoms with E-state index in [1.165, 1.54) is 0 Å². The van der Waals surface area contributed by atoms with Crippen LogP contribution in [0.5, 0.6) is 0 Å². The molecule has 0 bridgehead atoms. The highest BCUT2D eigenvalue weighted by atomic mass is 16.7. The Balaban J connectivity index is 2.19. The smallest absolute Gasteiger partial charge is 0.280 e. The normalized spacial score (nSPS) is 32.9. The number of aliphatic hydroxyl groups excluding tert-OH is 3. The second kappa shape index (κ2) is 4.47. The van der Waals surface area contributed by atoms with Crippen molar-refractivity contribution in [2.24, 2.45) is 0 Å². The lowest BCUT2D eigenvalue weighted by atomic mass is 10.1. The first kappa shape index (κ1) is 13.9. The lowest BCUT2D eigenvalue weighted by Gasteiger charge is -2.39. The first-order valence-electron chi connectivity index (χ1n) is 5.97. The Morgan fingerprint density at radius 1 is 1.57 bits per heavy atom. The van der Waals surface area contributed by atoms with E-state index in [-0.39, 0.29) is 17.1 Å². The van der Waals surface area contributed by atoms with Gasteiger partial charge in [-0.15, -0.1) is 0 Å². The Morgan fingerprint density at radius 2 is 2.29 bits per heavy atom. The first-order valence-corrected chi connectivity index (χ1v) is 5.97. The summed E-state index contributed by atoms with van der Waals surface area (Å²) in [5.74, 6) is -2.93. The fourth-order valence-corrected chi connectivity index (χ4v) is 2.27. The molecule has 0 saturated carbocycles. The molecule has 3 rings (SSSR count). The number of nitrogen functional groups attached to an aromatic ring is 1. The Morgan fingerprint density at radius 3 is 2.90 bits per heavy atom. The van der Waals surface area contributed by atoms with Gasteiger partial charge >= 0.3 is 0 Å². The molecule has 0 aromatic carbocycles. The second-order valence-electron chi connectivity index (χ2n) is 4.64. The fourth-order valence-electron chi connectivity index (χ4n) is 2.27. The molecule has 11 nitrogen and oxygen atoms in total. The third kappa shape index (κ3) is 1.83. The van der Waals surface area contributed by atoms with Crippen LogP contribution in [0.4, 0.5) is 5.95 Å². The third-order valence-corrected chi connectivity index (χ3v) is 3.34. The number of nitrogens with one attached hydrogen (secondary N) is 1. The summed E-state index contributed by atoms with van der Waals surface area (Å²) in [5.41, 5.74) is 4.38. The average molecular weight is 298 g/mol. The zero-order valence-electron chi connectivity index (χ0n) is 10.5. The van der Waals surface area contributed by atoms with Crippen molar-refractivity contribution in [1.82, 2.24) is 19.5 Å². The van der Waals surface area contributed by atoms with Crippen molar-refractivity contribution in [3.05, 3.63) is 16.7 Å². The van der Waals surface area contributed by atoms with Crippen LogP contribution in [0.25, 0.3) is 11.2 Å². The predicted molar refractivity (Wildman–Crippen MR) is 64.5 cm³/mol. The molecule has 1 saturated heterocycles. The third-order valence-electron chi connectivity index (χ3n) is 3.34. The van der Waals surface area contributed by atoms with Crippen molar-refractivity contribution in [1.29, 1.82) is 0 Å². The highest BCUT2D eigenvalue weighted by molar-refractivity contribution is 5.70. The number of H-pyrrole nitrogens is 1. The predicted octanol–water partition coefficient (Wildman–Crippen LogP) is -4.21. The number of nitrogens with two attached hydrogens (primary N) is 1. The minimum atomic E-state index is -2.69. The van der Waals surface area contributed by atoms with Crippen molar-refractivity contribution in [2.45, 2.75) is 24.2 Å². The minimum absolute atomic E-state index is 0.169. The monoisotopic (exact) mass is 298 g/mol. The molecule has 2 aromatic rings. The van der Waals surface area contributed by atoms with Gasteiger partial charge in [0.25, 0.3) is 5.56 Å². The molecule has 3 heterocycles. The van der Waals surface area contributed by atoms with E-state index in [0.29, 0.717) is 0 Å². The number of anilines is 1. The van der Waals surface area contributed by atoms with Gasteiger partial charge in [-0.25, -0.2) is 4.98 Å². The molecule has 4 atom stereocenters. The summed E-state index contributed by atoms with van der Waals surface area (Å²) < 4.78 is 5.74. The maximum Gasteiger partial charge on any atom is 0.280 e. The largest absolute Gasteiger partial charge is 0.809 e. The van der Waals surface area contributed by atoms with E-state index in [2.05, 4.69) is 15.0 Å². The minimum Gasteiger partial charge on any atom is -0.809 e. The SMILES string of the molecule is Nc1nc2c(ncn2C2([O-])O[C@H](CO)C(O)C2O)c(=O)[nH]1. The summed E-state index contributed by atoms with van der Waals surface area (Å²) >= 11 is 0. The maximum absolute atomic E-state index is 12.7. The van der Waals surface area contributed by atoms with Crippen LogP contribution in [0.15, 0.2) is 11.1 Å². The maximum atomic E-state index is 12.7. The highest BCUT2D eigenvalue weighted by Crippen LogP contribution is 2.32. The molecular formula is C10H12N5O6-. The van der Waals surface area contributed by atoms with E-state index in [4.69, 9.17) is 15.6 Å². The second-order valence-corrected chi connectivity index (χ2v) is 4.64. The van der Waals surface area contributed by atoms with E-state index >= 15 is 0 Å². The average Bonchev–Trinajstić information content (AvgIpc) is 2.95. The summed E-state index contributed by atoms with van der Waals surface area (Å²) in [4.78, 5) is 21.4. The Bertz CT molecular complexity index is 743. The molecule has 114 valence electrons. The number of aliphatic hydroxyl groups is 3. The molecule has 0 radical (unpaired) electrons. The highest BCUT2D eigenvalue weighted by Gasteiger charge is 2.48. The van der Waals surface area contributed by atoms with Crippen molar-refractivity contribution in [3.63, 3.8) is 0 Å². The summed E-state index contributed by atoms with van der Waals surface area (Å²) in [6.45, 7) is -0.662. The molecule has 1 fully saturated rings. The Labute approximate surface area is 116 Å². The number of imidazole rings is 1. The lowest BCUT2D eigenvalue weighted by molar-refractivity contribution is -0.605. The van der Waals surface area contributed by atoms with Crippen LogP contribution in [0.3, 0.4) is 0 Å². The fraction of sp³-hybridized carbons (Fsp3) is 0.500. The molecule has 1 aliphatic rings. The van der Waals surface area contributed by atoms with Crippen LogP contribution < -0.4 is 16.4 Å². The van der Waals surface area contributed by atoms with Crippen molar-refractivity contribution in [3.8, 4) is 0 Å². The number of hydrogen-bond acceptors (Lipinski definition) is 9. The van der Waals surface area contributed by atoms with E-state index < -0.39 is 36.4 Å². The van der Waals surface area contributed by atoms with Gasteiger partial charge in [0, 0.05) is 0 Å². The van der Waals surface area contributed by atoms with Gasteiger partial charge < -0.3 is 30.9 Å². The van der Waals surface area contributed by atoms with E-state index in [1.54, 1.807) is 0 Å². The van der Waals surface area contributed by atoms with Crippen LogP contribution in [0.1, 0.15) is 0 Å². The summed E-state index contributed by atoms with van der Waals surface area (Å²) in [5, 5.41) is 41.3. The molecule has 1 aliphatic heterocycles. The zero-order valence-corrected chi connectivity index (χ0v) is 10.5. The van der Waals surface area contributed by atoms with Crippen LogP contribution in [-0.2, 0) is 10.6 Å². The number of aromatic nitrogens is 4. The number of rotatable bonds is 2. The Kier molecular flexibility index (Phi) is 2.96. The molecule has 0 amide bonds. The van der Waals surface area contributed by atoms with Crippen molar-refractivity contribution >= 4 is 17.1 Å². The lowest BCUT2D eigenvalue weighted by Crippen LogP contribution is -2.55. The van der Waals surface area contributed by atoms with Crippen molar-refractivity contribution in [2.75, 3.05) is 12.3 Å². The van der Waals surface area contributed by atoms with Crippen LogP contribution in [-0.4, -0.2) is 59.8 Å². The standard InChI is InChI=1S/C10H12N5O6/c11-9-13-7-4(8(19)14-9)12-2-15(7)10(20)6(18)5(17)3(1-16)21-10/h2-3,5-6,16-18H,1H2,(H3,11,13,14,19)/q-1/t3-,5?,6?,10?/m1/s1. The number of aromatic amines is 1. The van der Waals surface area contributed by atoms with Gasteiger partial charge in [-0.2, -0.15) is 4.98 Å². The number of ether oxygens (including phenoxy) is 1. The van der Waals surface area contributed by atoms with Gasteiger partial charge in [0.15, 0.2) is 11.2 Å².